The number of ketones is 1. The second-order valence-corrected chi connectivity index (χ2v) is 8.39. The van der Waals surface area contributed by atoms with Gasteiger partial charge in [0.15, 0.2) is 5.78 Å². The number of thiophene rings is 1. The number of hydrogen-bond acceptors (Lipinski definition) is 3. The largest absolute Gasteiger partial charge is 0.309 e. The second-order valence-electron chi connectivity index (χ2n) is 7.35. The Kier molecular flexibility index (Phi) is 7.22. The van der Waals surface area contributed by atoms with E-state index in [-0.39, 0.29) is 17.7 Å². The zero-order chi connectivity index (χ0) is 19.1. The fourth-order valence-corrected chi connectivity index (χ4v) is 4.58. The van der Waals surface area contributed by atoms with Crippen molar-refractivity contribution < 1.29 is 9.59 Å². The lowest BCUT2D eigenvalue weighted by atomic mass is 10.0. The van der Waals surface area contributed by atoms with E-state index in [0.29, 0.717) is 12.8 Å². The Labute approximate surface area is 166 Å². The predicted octanol–water partition coefficient (Wildman–Crippen LogP) is 6.03. The fraction of sp³-hybridized carbons (Fsp3) is 0.478. The van der Waals surface area contributed by atoms with Gasteiger partial charge in [0.25, 0.3) is 0 Å². The first-order valence-corrected chi connectivity index (χ1v) is 11.0. The van der Waals surface area contributed by atoms with Gasteiger partial charge in [-0.15, -0.1) is 11.3 Å². The number of aryl methyl sites for hydroxylation is 1. The quantitative estimate of drug-likeness (QED) is 0.371. The minimum atomic E-state index is 0.204. The minimum absolute atomic E-state index is 0.204. The lowest BCUT2D eigenvalue weighted by Crippen LogP contribution is -2.32. The number of carbonyl (C=O) groups excluding carboxylic acids is 2. The molecule has 1 aromatic carbocycles. The van der Waals surface area contributed by atoms with Crippen LogP contribution in [0.4, 0.5) is 5.69 Å². The van der Waals surface area contributed by atoms with Gasteiger partial charge in [0.2, 0.25) is 5.91 Å². The first-order chi connectivity index (χ1) is 13.2. The van der Waals surface area contributed by atoms with Crippen molar-refractivity contribution in [3.63, 3.8) is 0 Å². The number of benzene rings is 1. The minimum Gasteiger partial charge on any atom is -0.309 e. The van der Waals surface area contributed by atoms with Crippen molar-refractivity contribution >= 4 is 28.7 Å². The molecule has 1 aliphatic rings. The topological polar surface area (TPSA) is 37.4 Å². The van der Waals surface area contributed by atoms with Crippen LogP contribution in [0.5, 0.6) is 0 Å². The molecule has 0 unspecified atom stereocenters. The van der Waals surface area contributed by atoms with Gasteiger partial charge in [0, 0.05) is 35.0 Å². The maximum Gasteiger partial charge on any atom is 0.227 e. The van der Waals surface area contributed by atoms with E-state index in [1.54, 1.807) is 11.3 Å². The molecule has 144 valence electrons. The number of anilines is 1. The Balaban J connectivity index is 1.58. The summed E-state index contributed by atoms with van der Waals surface area (Å²) < 4.78 is 0. The number of unbranched alkanes of at least 4 members (excludes halogenated alkanes) is 2. The Morgan fingerprint density at radius 3 is 2.67 bits per heavy atom. The lowest BCUT2D eigenvalue weighted by molar-refractivity contribution is -0.117. The van der Waals surface area contributed by atoms with Crippen molar-refractivity contribution in [1.82, 2.24) is 0 Å². The third-order valence-corrected chi connectivity index (χ3v) is 6.28. The molecule has 1 amide bonds. The molecule has 2 aromatic rings. The van der Waals surface area contributed by atoms with Gasteiger partial charge < -0.3 is 4.90 Å². The highest BCUT2D eigenvalue weighted by Gasteiger charge is 2.31. The number of Topliss-reactive ketones (excluding diaryl/α,β-unsaturated/α-hetero) is 1. The van der Waals surface area contributed by atoms with Crippen LogP contribution in [-0.2, 0) is 11.2 Å². The van der Waals surface area contributed by atoms with Gasteiger partial charge >= 0.3 is 0 Å². The summed E-state index contributed by atoms with van der Waals surface area (Å²) in [5.41, 5.74) is 1.69. The molecule has 3 rings (SSSR count). The van der Waals surface area contributed by atoms with E-state index in [2.05, 4.69) is 24.4 Å². The maximum atomic E-state index is 12.4. The Hall–Kier alpha value is -1.94. The molecule has 1 saturated heterocycles. The van der Waals surface area contributed by atoms with Crippen molar-refractivity contribution in [1.29, 1.82) is 0 Å². The smallest absolute Gasteiger partial charge is 0.227 e. The SMILES string of the molecule is CCCCCC(=O)c1ccc(N2C(=O)CC[C@@H]2CCCc2cccs2)cc1. The first-order valence-electron chi connectivity index (χ1n) is 10.2. The lowest BCUT2D eigenvalue weighted by Gasteiger charge is -2.25. The van der Waals surface area contributed by atoms with Gasteiger partial charge in [0.1, 0.15) is 0 Å². The van der Waals surface area contributed by atoms with Crippen LogP contribution in [0.15, 0.2) is 41.8 Å². The molecule has 4 heteroatoms. The van der Waals surface area contributed by atoms with E-state index < -0.39 is 0 Å². The highest BCUT2D eigenvalue weighted by molar-refractivity contribution is 7.09. The van der Waals surface area contributed by atoms with Gasteiger partial charge in [-0.2, -0.15) is 0 Å². The number of amides is 1. The standard InChI is InChI=1S/C23H29NO2S/c1-2-3-4-10-22(25)18-11-13-20(14-12-18)24-19(15-16-23(24)26)7-5-8-21-9-6-17-27-21/h6,9,11-14,17,19H,2-5,7-8,10,15-16H2,1H3/t19-/m0/s1. The summed E-state index contributed by atoms with van der Waals surface area (Å²) in [5, 5.41) is 2.12. The molecular weight excluding hydrogens is 354 g/mol. The van der Waals surface area contributed by atoms with Crippen LogP contribution in [-0.4, -0.2) is 17.7 Å². The van der Waals surface area contributed by atoms with Crippen LogP contribution in [0.25, 0.3) is 0 Å². The molecule has 3 nitrogen and oxygen atoms in total. The van der Waals surface area contributed by atoms with Crippen molar-refractivity contribution in [2.45, 2.75) is 70.8 Å². The zero-order valence-electron chi connectivity index (χ0n) is 16.2. The molecule has 27 heavy (non-hydrogen) atoms. The molecule has 1 aliphatic heterocycles. The van der Waals surface area contributed by atoms with E-state index in [0.717, 1.165) is 56.2 Å². The van der Waals surface area contributed by atoms with Crippen LogP contribution < -0.4 is 4.90 Å². The first kappa shape index (κ1) is 19.8. The molecule has 2 heterocycles. The average molecular weight is 384 g/mol. The summed E-state index contributed by atoms with van der Waals surface area (Å²) in [6, 6.07) is 12.2. The van der Waals surface area contributed by atoms with Gasteiger partial charge in [-0.3, -0.25) is 9.59 Å². The van der Waals surface area contributed by atoms with Crippen LogP contribution in [0.1, 0.15) is 73.5 Å². The van der Waals surface area contributed by atoms with Crippen LogP contribution >= 0.6 is 11.3 Å². The van der Waals surface area contributed by atoms with Gasteiger partial charge in [-0.1, -0.05) is 25.8 Å². The van der Waals surface area contributed by atoms with E-state index in [1.807, 2.05) is 29.2 Å². The molecule has 0 bridgehead atoms. The molecule has 0 radical (unpaired) electrons. The van der Waals surface area contributed by atoms with Crippen LogP contribution in [0, 0.1) is 0 Å². The molecular formula is C23H29NO2S. The molecule has 0 spiro atoms. The van der Waals surface area contributed by atoms with Crippen molar-refractivity contribution in [2.24, 2.45) is 0 Å². The number of carbonyl (C=O) groups is 2. The average Bonchev–Trinajstić information content (AvgIpc) is 3.32. The fourth-order valence-electron chi connectivity index (χ4n) is 3.83. The molecule has 1 fully saturated rings. The van der Waals surface area contributed by atoms with E-state index in [9.17, 15) is 9.59 Å². The highest BCUT2D eigenvalue weighted by Crippen LogP contribution is 2.30. The highest BCUT2D eigenvalue weighted by atomic mass is 32.1. The zero-order valence-corrected chi connectivity index (χ0v) is 17.0. The van der Waals surface area contributed by atoms with E-state index in [1.165, 1.54) is 4.88 Å². The van der Waals surface area contributed by atoms with Crippen molar-refractivity contribution in [3.05, 3.63) is 52.2 Å². The number of nitrogens with zero attached hydrogens (tertiary/aromatic N) is 1. The van der Waals surface area contributed by atoms with E-state index in [4.69, 9.17) is 0 Å². The van der Waals surface area contributed by atoms with Crippen molar-refractivity contribution in [3.8, 4) is 0 Å². The summed E-state index contributed by atoms with van der Waals surface area (Å²) >= 11 is 1.80. The third-order valence-electron chi connectivity index (χ3n) is 5.34. The molecule has 1 aromatic heterocycles. The predicted molar refractivity (Wildman–Crippen MR) is 113 cm³/mol. The second kappa shape index (κ2) is 9.84. The molecule has 0 aliphatic carbocycles. The molecule has 0 N–H and O–H groups in total. The van der Waals surface area contributed by atoms with E-state index >= 15 is 0 Å². The van der Waals surface area contributed by atoms with Crippen molar-refractivity contribution in [2.75, 3.05) is 4.90 Å². The summed E-state index contributed by atoms with van der Waals surface area (Å²) in [5.74, 6) is 0.411. The summed E-state index contributed by atoms with van der Waals surface area (Å²) in [4.78, 5) is 28.1. The summed E-state index contributed by atoms with van der Waals surface area (Å²) in [6.07, 6.45) is 8.56. The third kappa shape index (κ3) is 5.29. The van der Waals surface area contributed by atoms with Gasteiger partial charge in [0.05, 0.1) is 0 Å². The summed E-state index contributed by atoms with van der Waals surface area (Å²) in [6.45, 7) is 2.14. The monoisotopic (exact) mass is 383 g/mol. The molecule has 1 atom stereocenters. The molecule has 0 saturated carbocycles. The van der Waals surface area contributed by atoms with Crippen LogP contribution in [0.3, 0.4) is 0 Å². The Morgan fingerprint density at radius 1 is 1.15 bits per heavy atom. The Bertz CT molecular complexity index is 736. The Morgan fingerprint density at radius 2 is 1.96 bits per heavy atom. The van der Waals surface area contributed by atoms with Gasteiger partial charge in [-0.25, -0.2) is 0 Å². The van der Waals surface area contributed by atoms with Crippen LogP contribution in [0.2, 0.25) is 0 Å². The summed E-state index contributed by atoms with van der Waals surface area (Å²) in [7, 11) is 0. The maximum absolute atomic E-state index is 12.4. The number of hydrogen-bond donors (Lipinski definition) is 0. The van der Waals surface area contributed by atoms with Gasteiger partial charge in [-0.05, 0) is 67.8 Å². The number of rotatable bonds is 10. The normalized spacial score (nSPS) is 16.9.